The molecular weight excluding hydrogens is 320 g/mol. The minimum atomic E-state index is -0.708. The van der Waals surface area contributed by atoms with E-state index in [1.807, 2.05) is 0 Å². The molecule has 1 aliphatic heterocycles. The number of aromatic nitrogens is 2. The number of aliphatic hydroxyl groups is 2. The van der Waals surface area contributed by atoms with Gasteiger partial charge in [-0.25, -0.2) is 4.79 Å². The number of amides is 2. The quantitative estimate of drug-likeness (QED) is 0.653. The second kappa shape index (κ2) is 7.52. The summed E-state index contributed by atoms with van der Waals surface area (Å²) in [6.07, 6.45) is 4.26. The lowest BCUT2D eigenvalue weighted by Crippen LogP contribution is -2.38. The zero-order valence-corrected chi connectivity index (χ0v) is 13.6. The van der Waals surface area contributed by atoms with Gasteiger partial charge >= 0.3 is 6.03 Å². The van der Waals surface area contributed by atoms with Crippen LogP contribution in [0.1, 0.15) is 49.6 Å². The third kappa shape index (κ3) is 4.17. The van der Waals surface area contributed by atoms with Gasteiger partial charge in [0.05, 0.1) is 12.7 Å². The lowest BCUT2D eigenvalue weighted by atomic mass is 9.96. The molecule has 0 unspecified atom stereocenters. The summed E-state index contributed by atoms with van der Waals surface area (Å²) in [6, 6.07) is -0.0324. The largest absolute Gasteiger partial charge is 0.394 e. The number of hydrogen-bond acceptors (Lipinski definition) is 7. The molecule has 1 saturated carbocycles. The second-order valence-electron chi connectivity index (χ2n) is 6.03. The minimum absolute atomic E-state index is 0.231. The zero-order valence-electron chi connectivity index (χ0n) is 12.8. The summed E-state index contributed by atoms with van der Waals surface area (Å²) in [7, 11) is 0. The first kappa shape index (κ1) is 16.6. The van der Waals surface area contributed by atoms with Crippen LogP contribution in [-0.2, 0) is 4.74 Å². The van der Waals surface area contributed by atoms with E-state index in [9.17, 15) is 9.90 Å². The van der Waals surface area contributed by atoms with Gasteiger partial charge in [-0.15, -0.1) is 10.2 Å². The Morgan fingerprint density at radius 3 is 2.78 bits per heavy atom. The summed E-state index contributed by atoms with van der Waals surface area (Å²) in [5.41, 5.74) is 0. The minimum Gasteiger partial charge on any atom is -0.394 e. The van der Waals surface area contributed by atoms with Gasteiger partial charge in [0.2, 0.25) is 5.13 Å². The molecular formula is C14H22N4O4S. The Labute approximate surface area is 138 Å². The van der Waals surface area contributed by atoms with Gasteiger partial charge in [-0.1, -0.05) is 30.6 Å². The van der Waals surface area contributed by atoms with Crippen LogP contribution in [0.3, 0.4) is 0 Å². The molecule has 2 fully saturated rings. The molecule has 4 N–H and O–H groups in total. The highest BCUT2D eigenvalue weighted by atomic mass is 32.1. The van der Waals surface area contributed by atoms with Crippen LogP contribution < -0.4 is 10.6 Å². The number of ether oxygens (including phenoxy) is 1. The average molecular weight is 342 g/mol. The Morgan fingerprint density at radius 1 is 1.30 bits per heavy atom. The first-order chi connectivity index (χ1) is 11.2. The molecule has 1 aliphatic carbocycles. The fourth-order valence-corrected chi connectivity index (χ4v) is 3.82. The van der Waals surface area contributed by atoms with E-state index in [-0.39, 0.29) is 18.7 Å². The van der Waals surface area contributed by atoms with E-state index in [1.165, 1.54) is 17.8 Å². The number of nitrogens with zero attached hydrogens (tertiary/aromatic N) is 2. The van der Waals surface area contributed by atoms with Gasteiger partial charge in [-0.2, -0.15) is 0 Å². The Bertz CT molecular complexity index is 535. The number of carbonyl (C=O) groups excluding carboxylic acids is 1. The Morgan fingerprint density at radius 2 is 2.09 bits per heavy atom. The van der Waals surface area contributed by atoms with Crippen molar-refractivity contribution < 1.29 is 19.7 Å². The summed E-state index contributed by atoms with van der Waals surface area (Å²) >= 11 is 1.22. The molecule has 1 saturated heterocycles. The summed E-state index contributed by atoms with van der Waals surface area (Å²) in [6.45, 7) is -0.231. The van der Waals surface area contributed by atoms with Crippen LogP contribution in [0.4, 0.5) is 9.93 Å². The summed E-state index contributed by atoms with van der Waals surface area (Å²) < 4.78 is 5.53. The Kier molecular flexibility index (Phi) is 5.42. The molecule has 0 radical (unpaired) electrons. The topological polar surface area (TPSA) is 117 Å². The molecule has 3 atom stereocenters. The molecule has 8 nitrogen and oxygen atoms in total. The van der Waals surface area contributed by atoms with Gasteiger partial charge in [0.25, 0.3) is 0 Å². The monoisotopic (exact) mass is 342 g/mol. The van der Waals surface area contributed by atoms with Crippen molar-refractivity contribution in [3.8, 4) is 0 Å². The molecule has 2 heterocycles. The molecule has 0 aromatic carbocycles. The number of urea groups is 1. The average Bonchev–Trinajstić information content (AvgIpc) is 3.14. The van der Waals surface area contributed by atoms with Crippen LogP contribution >= 0.6 is 11.3 Å². The number of carbonyl (C=O) groups is 1. The summed E-state index contributed by atoms with van der Waals surface area (Å²) in [4.78, 5) is 12.0. The van der Waals surface area contributed by atoms with Crippen LogP contribution in [0.15, 0.2) is 0 Å². The molecule has 9 heteroatoms. The van der Waals surface area contributed by atoms with E-state index in [1.54, 1.807) is 0 Å². The maximum absolute atomic E-state index is 12.0. The predicted molar refractivity (Wildman–Crippen MR) is 84.3 cm³/mol. The predicted octanol–water partition coefficient (Wildman–Crippen LogP) is 1.18. The van der Waals surface area contributed by atoms with Crippen molar-refractivity contribution in [1.82, 2.24) is 15.5 Å². The number of anilines is 1. The van der Waals surface area contributed by atoms with Gasteiger partial charge < -0.3 is 20.3 Å². The fourth-order valence-electron chi connectivity index (χ4n) is 3.03. The van der Waals surface area contributed by atoms with Crippen LogP contribution in [0.25, 0.3) is 0 Å². The number of aliphatic hydroxyl groups excluding tert-OH is 2. The van der Waals surface area contributed by atoms with Crippen LogP contribution in [0.2, 0.25) is 0 Å². The van der Waals surface area contributed by atoms with Crippen molar-refractivity contribution in [3.63, 3.8) is 0 Å². The Balaban J connectivity index is 1.52. The van der Waals surface area contributed by atoms with E-state index in [2.05, 4.69) is 20.8 Å². The highest BCUT2D eigenvalue weighted by Crippen LogP contribution is 2.35. The van der Waals surface area contributed by atoms with Gasteiger partial charge in [-0.05, 0) is 12.8 Å². The van der Waals surface area contributed by atoms with E-state index in [0.717, 1.165) is 25.7 Å². The van der Waals surface area contributed by atoms with Gasteiger partial charge in [-0.3, -0.25) is 5.32 Å². The SMILES string of the molecule is O=C(Nc1nnc([C@@H]2C[C@H](O)[C@@H](CO)O2)s1)NC1CCCCC1. The van der Waals surface area contributed by atoms with Crippen molar-refractivity contribution in [2.24, 2.45) is 0 Å². The first-order valence-corrected chi connectivity index (χ1v) is 8.82. The van der Waals surface area contributed by atoms with Crippen LogP contribution in [0, 0.1) is 0 Å². The third-order valence-electron chi connectivity index (χ3n) is 4.28. The maximum atomic E-state index is 12.0. The fraction of sp³-hybridized carbons (Fsp3) is 0.786. The smallest absolute Gasteiger partial charge is 0.321 e. The molecule has 3 rings (SSSR count). The van der Waals surface area contributed by atoms with Gasteiger partial charge in [0, 0.05) is 12.5 Å². The molecule has 0 spiro atoms. The Hall–Kier alpha value is -1.29. The molecule has 1 aromatic heterocycles. The van der Waals surface area contributed by atoms with Gasteiger partial charge in [0.15, 0.2) is 0 Å². The van der Waals surface area contributed by atoms with E-state index >= 15 is 0 Å². The molecule has 1 aromatic rings. The highest BCUT2D eigenvalue weighted by Gasteiger charge is 2.36. The van der Waals surface area contributed by atoms with Crippen LogP contribution in [0.5, 0.6) is 0 Å². The molecule has 23 heavy (non-hydrogen) atoms. The summed E-state index contributed by atoms with van der Waals surface area (Å²) in [5.74, 6) is 0. The molecule has 128 valence electrons. The number of hydrogen-bond donors (Lipinski definition) is 4. The molecule has 2 amide bonds. The third-order valence-corrected chi connectivity index (χ3v) is 5.21. The number of rotatable bonds is 4. The highest BCUT2D eigenvalue weighted by molar-refractivity contribution is 7.15. The van der Waals surface area contributed by atoms with Crippen molar-refractivity contribution >= 4 is 22.5 Å². The van der Waals surface area contributed by atoms with E-state index in [0.29, 0.717) is 16.6 Å². The maximum Gasteiger partial charge on any atom is 0.321 e. The summed E-state index contributed by atoms with van der Waals surface area (Å²) in [5, 5.41) is 33.4. The van der Waals surface area contributed by atoms with E-state index < -0.39 is 18.3 Å². The van der Waals surface area contributed by atoms with Crippen LogP contribution in [-0.4, -0.2) is 51.3 Å². The van der Waals surface area contributed by atoms with Crippen molar-refractivity contribution in [2.45, 2.75) is 62.9 Å². The van der Waals surface area contributed by atoms with Crippen molar-refractivity contribution in [1.29, 1.82) is 0 Å². The first-order valence-electron chi connectivity index (χ1n) is 8.01. The molecule has 0 bridgehead atoms. The van der Waals surface area contributed by atoms with Crippen molar-refractivity contribution in [3.05, 3.63) is 5.01 Å². The van der Waals surface area contributed by atoms with E-state index in [4.69, 9.17) is 9.84 Å². The zero-order chi connectivity index (χ0) is 16.2. The lowest BCUT2D eigenvalue weighted by Gasteiger charge is -2.22. The second-order valence-corrected chi connectivity index (χ2v) is 7.04. The normalized spacial score (nSPS) is 28.7. The number of nitrogens with one attached hydrogen (secondary N) is 2. The van der Waals surface area contributed by atoms with Gasteiger partial charge in [0.1, 0.15) is 17.2 Å². The lowest BCUT2D eigenvalue weighted by molar-refractivity contribution is -0.0227. The van der Waals surface area contributed by atoms with Crippen molar-refractivity contribution in [2.75, 3.05) is 11.9 Å². The standard InChI is InChI=1S/C14H22N4O4S/c19-7-11-9(20)6-10(22-11)12-17-18-14(23-12)16-13(21)15-8-4-2-1-3-5-8/h8-11,19-20H,1-7H2,(H2,15,16,18,21)/t9-,10-,11+/m0/s1. The molecule has 2 aliphatic rings.